The van der Waals surface area contributed by atoms with Gasteiger partial charge in [0.1, 0.15) is 11.6 Å². The van der Waals surface area contributed by atoms with E-state index in [1.807, 2.05) is 19.1 Å². The highest BCUT2D eigenvalue weighted by atomic mass is 79.9. The minimum absolute atomic E-state index is 0.0201. The molecule has 0 aliphatic heterocycles. The Labute approximate surface area is 153 Å². The number of aryl methyl sites for hydroxylation is 1. The molecule has 0 radical (unpaired) electrons. The predicted octanol–water partition coefficient (Wildman–Crippen LogP) is 3.71. The van der Waals surface area contributed by atoms with Gasteiger partial charge in [0.25, 0.3) is 5.91 Å². The SMILES string of the molecule is Cc1ccc(OC(C)C(=O)Nc2cc(C(N)=O)cc(F)c2C)c(Br)c1. The third kappa shape index (κ3) is 4.57. The van der Waals surface area contributed by atoms with Crippen LogP contribution in [0.25, 0.3) is 0 Å². The summed E-state index contributed by atoms with van der Waals surface area (Å²) < 4.78 is 20.3. The molecule has 2 aromatic rings. The molecule has 25 heavy (non-hydrogen) atoms. The van der Waals surface area contributed by atoms with Crippen molar-refractivity contribution >= 4 is 33.4 Å². The minimum Gasteiger partial charge on any atom is -0.480 e. The van der Waals surface area contributed by atoms with Crippen LogP contribution in [-0.4, -0.2) is 17.9 Å². The largest absolute Gasteiger partial charge is 0.480 e. The summed E-state index contributed by atoms with van der Waals surface area (Å²) in [6, 6.07) is 7.86. The average molecular weight is 409 g/mol. The van der Waals surface area contributed by atoms with Gasteiger partial charge in [-0.2, -0.15) is 0 Å². The molecule has 0 aromatic heterocycles. The number of carbonyl (C=O) groups is 2. The Bertz CT molecular complexity index is 839. The predicted molar refractivity (Wildman–Crippen MR) is 97.3 cm³/mol. The highest BCUT2D eigenvalue weighted by Crippen LogP contribution is 2.27. The first kappa shape index (κ1) is 18.9. The van der Waals surface area contributed by atoms with Crippen molar-refractivity contribution in [3.63, 3.8) is 0 Å². The molecule has 0 bridgehead atoms. The van der Waals surface area contributed by atoms with Crippen LogP contribution in [-0.2, 0) is 4.79 Å². The fourth-order valence-corrected chi connectivity index (χ4v) is 2.72. The fraction of sp³-hybridized carbons (Fsp3) is 0.222. The van der Waals surface area contributed by atoms with Crippen LogP contribution in [0.1, 0.15) is 28.4 Å². The van der Waals surface area contributed by atoms with Crippen LogP contribution in [0.15, 0.2) is 34.8 Å². The van der Waals surface area contributed by atoms with Gasteiger partial charge in [-0.1, -0.05) is 6.07 Å². The van der Waals surface area contributed by atoms with E-state index in [2.05, 4.69) is 21.2 Å². The molecule has 0 saturated carbocycles. The maximum Gasteiger partial charge on any atom is 0.265 e. The number of rotatable bonds is 5. The number of primary amides is 1. The second kappa shape index (κ2) is 7.65. The van der Waals surface area contributed by atoms with E-state index in [-0.39, 0.29) is 16.8 Å². The second-order valence-corrected chi connectivity index (χ2v) is 6.53. The molecule has 0 saturated heterocycles. The molecule has 7 heteroatoms. The number of carbonyl (C=O) groups excluding carboxylic acids is 2. The Morgan fingerprint density at radius 1 is 1.24 bits per heavy atom. The number of halogens is 2. The lowest BCUT2D eigenvalue weighted by atomic mass is 10.1. The van der Waals surface area contributed by atoms with Gasteiger partial charge in [0.2, 0.25) is 5.91 Å². The van der Waals surface area contributed by atoms with Crippen molar-refractivity contribution in [3.8, 4) is 5.75 Å². The molecular formula is C18H18BrFN2O3. The number of amides is 2. The Kier molecular flexibility index (Phi) is 5.79. The molecular weight excluding hydrogens is 391 g/mol. The molecule has 1 atom stereocenters. The van der Waals surface area contributed by atoms with E-state index in [1.165, 1.54) is 13.0 Å². The molecule has 2 rings (SSSR count). The summed E-state index contributed by atoms with van der Waals surface area (Å²) in [6.07, 6.45) is -0.835. The zero-order chi connectivity index (χ0) is 18.7. The molecule has 132 valence electrons. The van der Waals surface area contributed by atoms with Crippen LogP contribution >= 0.6 is 15.9 Å². The number of anilines is 1. The van der Waals surface area contributed by atoms with E-state index >= 15 is 0 Å². The monoisotopic (exact) mass is 408 g/mol. The summed E-state index contributed by atoms with van der Waals surface area (Å²) >= 11 is 3.38. The standard InChI is InChI=1S/C18H18BrFN2O3/c1-9-4-5-16(13(19)6-9)25-11(3)18(24)22-15-8-12(17(21)23)7-14(20)10(15)2/h4-8,11H,1-3H3,(H2,21,23)(H,22,24). The lowest BCUT2D eigenvalue weighted by molar-refractivity contribution is -0.122. The van der Waals surface area contributed by atoms with Gasteiger partial charge in [-0.3, -0.25) is 9.59 Å². The first-order valence-corrected chi connectivity index (χ1v) is 8.32. The zero-order valence-electron chi connectivity index (χ0n) is 14.0. The summed E-state index contributed by atoms with van der Waals surface area (Å²) in [5.74, 6) is -1.36. The van der Waals surface area contributed by atoms with Gasteiger partial charge >= 0.3 is 0 Å². The van der Waals surface area contributed by atoms with Crippen molar-refractivity contribution in [1.29, 1.82) is 0 Å². The van der Waals surface area contributed by atoms with Crippen molar-refractivity contribution in [3.05, 3.63) is 57.3 Å². The smallest absolute Gasteiger partial charge is 0.265 e. The number of nitrogens with one attached hydrogen (secondary N) is 1. The molecule has 2 aromatic carbocycles. The topological polar surface area (TPSA) is 81.4 Å². The molecule has 1 unspecified atom stereocenters. The molecule has 0 fully saturated rings. The van der Waals surface area contributed by atoms with Crippen LogP contribution in [0.5, 0.6) is 5.75 Å². The third-order valence-corrected chi connectivity index (χ3v) is 4.27. The summed E-state index contributed by atoms with van der Waals surface area (Å²) in [5, 5.41) is 2.57. The second-order valence-electron chi connectivity index (χ2n) is 5.68. The number of hydrogen-bond acceptors (Lipinski definition) is 3. The average Bonchev–Trinajstić information content (AvgIpc) is 2.53. The van der Waals surface area contributed by atoms with Gasteiger partial charge in [0, 0.05) is 16.8 Å². The molecule has 5 nitrogen and oxygen atoms in total. The molecule has 0 aliphatic carbocycles. The van der Waals surface area contributed by atoms with Gasteiger partial charge < -0.3 is 15.8 Å². The van der Waals surface area contributed by atoms with Gasteiger partial charge in [-0.25, -0.2) is 4.39 Å². The molecule has 0 heterocycles. The van der Waals surface area contributed by atoms with Gasteiger partial charge in [-0.05, 0) is 66.5 Å². The molecule has 3 N–H and O–H groups in total. The summed E-state index contributed by atoms with van der Waals surface area (Å²) in [6.45, 7) is 5.01. The van der Waals surface area contributed by atoms with Crippen molar-refractivity contribution in [1.82, 2.24) is 0 Å². The van der Waals surface area contributed by atoms with E-state index in [0.717, 1.165) is 16.1 Å². The molecule has 0 aliphatic rings. The lowest BCUT2D eigenvalue weighted by Crippen LogP contribution is -2.30. The highest BCUT2D eigenvalue weighted by Gasteiger charge is 2.19. The number of nitrogens with two attached hydrogens (primary N) is 1. The van der Waals surface area contributed by atoms with E-state index in [1.54, 1.807) is 13.0 Å². The zero-order valence-corrected chi connectivity index (χ0v) is 15.6. The van der Waals surface area contributed by atoms with Gasteiger partial charge in [0.05, 0.1) is 4.47 Å². The maximum atomic E-state index is 13.9. The highest BCUT2D eigenvalue weighted by molar-refractivity contribution is 9.10. The van der Waals surface area contributed by atoms with Crippen molar-refractivity contribution < 1.29 is 18.7 Å². The molecule has 2 amide bonds. The van der Waals surface area contributed by atoms with E-state index in [9.17, 15) is 14.0 Å². The maximum absolute atomic E-state index is 13.9. The van der Waals surface area contributed by atoms with Crippen LogP contribution in [0, 0.1) is 19.7 Å². The summed E-state index contributed by atoms with van der Waals surface area (Å²) in [4.78, 5) is 23.6. The third-order valence-electron chi connectivity index (χ3n) is 3.65. The number of benzene rings is 2. The number of ether oxygens (including phenoxy) is 1. The van der Waals surface area contributed by atoms with E-state index < -0.39 is 23.7 Å². The summed E-state index contributed by atoms with van der Waals surface area (Å²) in [5.41, 5.74) is 6.59. The Balaban J connectivity index is 2.17. The Hall–Kier alpha value is -2.41. The van der Waals surface area contributed by atoms with Gasteiger partial charge in [-0.15, -0.1) is 0 Å². The Morgan fingerprint density at radius 3 is 2.52 bits per heavy atom. The van der Waals surface area contributed by atoms with Crippen molar-refractivity contribution in [2.24, 2.45) is 5.73 Å². The van der Waals surface area contributed by atoms with E-state index in [4.69, 9.17) is 10.5 Å². The van der Waals surface area contributed by atoms with Crippen molar-refractivity contribution in [2.45, 2.75) is 26.9 Å². The Morgan fingerprint density at radius 2 is 1.92 bits per heavy atom. The quantitative estimate of drug-likeness (QED) is 0.790. The summed E-state index contributed by atoms with van der Waals surface area (Å²) in [7, 11) is 0. The van der Waals surface area contributed by atoms with Gasteiger partial charge in [0.15, 0.2) is 6.10 Å². The minimum atomic E-state index is -0.835. The molecule has 0 spiro atoms. The first-order chi connectivity index (χ1) is 11.7. The normalized spacial score (nSPS) is 11.7. The number of hydrogen-bond donors (Lipinski definition) is 2. The fourth-order valence-electron chi connectivity index (χ4n) is 2.13. The van der Waals surface area contributed by atoms with Crippen molar-refractivity contribution in [2.75, 3.05) is 5.32 Å². The lowest BCUT2D eigenvalue weighted by Gasteiger charge is -2.17. The van der Waals surface area contributed by atoms with Crippen LogP contribution in [0.3, 0.4) is 0 Å². The van der Waals surface area contributed by atoms with Crippen LogP contribution < -0.4 is 15.8 Å². The first-order valence-electron chi connectivity index (χ1n) is 7.52. The van der Waals surface area contributed by atoms with Crippen LogP contribution in [0.2, 0.25) is 0 Å². The van der Waals surface area contributed by atoms with E-state index in [0.29, 0.717) is 5.75 Å². The van der Waals surface area contributed by atoms with Crippen LogP contribution in [0.4, 0.5) is 10.1 Å².